The van der Waals surface area contributed by atoms with Crippen LogP contribution >= 0.6 is 0 Å². The van der Waals surface area contributed by atoms with Crippen LogP contribution in [0.5, 0.6) is 0 Å². The van der Waals surface area contributed by atoms with E-state index in [-0.39, 0.29) is 5.92 Å². The minimum Gasteiger partial charge on any atom is -0.330 e. The first kappa shape index (κ1) is 14.9. The maximum atomic E-state index is 11.7. The Hall–Kier alpha value is -1.11. The largest absolute Gasteiger partial charge is 0.330 e. The standard InChI is InChI=1S/C12H21N3O2S/c1-10(2)9-14-18(16,17)15-12-5-3-11(4-6-12)7-8-13/h3-6,10,14-15H,7-9,13H2,1-2H3. The molecule has 1 aromatic carbocycles. The molecule has 0 saturated heterocycles. The van der Waals surface area contributed by atoms with E-state index in [0.717, 1.165) is 12.0 Å². The number of hydrogen-bond donors (Lipinski definition) is 3. The molecule has 102 valence electrons. The van der Waals surface area contributed by atoms with Crippen LogP contribution in [0.3, 0.4) is 0 Å². The van der Waals surface area contributed by atoms with Crippen molar-refractivity contribution in [3.63, 3.8) is 0 Å². The summed E-state index contributed by atoms with van der Waals surface area (Å²) in [7, 11) is -3.48. The van der Waals surface area contributed by atoms with E-state index in [1.165, 1.54) is 0 Å². The Morgan fingerprint density at radius 1 is 1.22 bits per heavy atom. The van der Waals surface area contributed by atoms with Crippen LogP contribution < -0.4 is 15.2 Å². The van der Waals surface area contributed by atoms with Gasteiger partial charge in [-0.2, -0.15) is 13.1 Å². The lowest BCUT2D eigenvalue weighted by Crippen LogP contribution is -2.32. The predicted octanol–water partition coefficient (Wildman–Crippen LogP) is 1.09. The highest BCUT2D eigenvalue weighted by Crippen LogP contribution is 2.11. The third-order valence-electron chi connectivity index (χ3n) is 2.32. The molecule has 0 aliphatic rings. The second kappa shape index (κ2) is 6.72. The second-order valence-electron chi connectivity index (χ2n) is 4.58. The van der Waals surface area contributed by atoms with Crippen LogP contribution in [0, 0.1) is 5.92 Å². The van der Waals surface area contributed by atoms with Crippen molar-refractivity contribution in [2.24, 2.45) is 11.7 Å². The monoisotopic (exact) mass is 271 g/mol. The maximum Gasteiger partial charge on any atom is 0.299 e. The first-order chi connectivity index (χ1) is 8.43. The summed E-state index contributed by atoms with van der Waals surface area (Å²) in [6.45, 7) is 4.90. The SMILES string of the molecule is CC(C)CNS(=O)(=O)Nc1ccc(CCN)cc1. The Labute approximate surface area is 109 Å². The van der Waals surface area contributed by atoms with Crippen molar-refractivity contribution >= 4 is 15.9 Å². The first-order valence-electron chi connectivity index (χ1n) is 5.99. The molecule has 0 unspecified atom stereocenters. The third-order valence-corrected chi connectivity index (χ3v) is 3.37. The van der Waals surface area contributed by atoms with Crippen molar-refractivity contribution in [1.82, 2.24) is 4.72 Å². The number of benzene rings is 1. The molecule has 0 aromatic heterocycles. The molecule has 1 rings (SSSR count). The smallest absolute Gasteiger partial charge is 0.299 e. The molecule has 0 aliphatic carbocycles. The van der Waals surface area contributed by atoms with E-state index >= 15 is 0 Å². The Bertz CT molecular complexity index is 455. The quantitative estimate of drug-likeness (QED) is 0.694. The van der Waals surface area contributed by atoms with E-state index in [2.05, 4.69) is 9.44 Å². The molecule has 4 N–H and O–H groups in total. The molecule has 1 aromatic rings. The minimum absolute atomic E-state index is 0.272. The highest BCUT2D eigenvalue weighted by molar-refractivity contribution is 7.90. The molecule has 5 nitrogen and oxygen atoms in total. The van der Waals surface area contributed by atoms with Gasteiger partial charge in [0.2, 0.25) is 0 Å². The van der Waals surface area contributed by atoms with Gasteiger partial charge in [-0.05, 0) is 36.6 Å². The van der Waals surface area contributed by atoms with Gasteiger partial charge in [-0.1, -0.05) is 26.0 Å². The lowest BCUT2D eigenvalue weighted by molar-refractivity contribution is 0.565. The average molecular weight is 271 g/mol. The van der Waals surface area contributed by atoms with Gasteiger partial charge >= 0.3 is 0 Å². The van der Waals surface area contributed by atoms with Gasteiger partial charge < -0.3 is 5.73 Å². The normalized spacial score (nSPS) is 11.8. The summed E-state index contributed by atoms with van der Waals surface area (Å²) in [4.78, 5) is 0. The number of rotatable bonds is 7. The van der Waals surface area contributed by atoms with Crippen molar-refractivity contribution in [1.29, 1.82) is 0 Å². The summed E-state index contributed by atoms with van der Waals surface area (Å²) in [5.74, 6) is 0.272. The molecule has 0 aliphatic heterocycles. The summed E-state index contributed by atoms with van der Waals surface area (Å²) in [5, 5.41) is 0. The first-order valence-corrected chi connectivity index (χ1v) is 7.47. The lowest BCUT2D eigenvalue weighted by Gasteiger charge is -2.11. The highest BCUT2D eigenvalue weighted by Gasteiger charge is 2.09. The molecule has 0 radical (unpaired) electrons. The lowest BCUT2D eigenvalue weighted by atomic mass is 10.1. The van der Waals surface area contributed by atoms with Crippen LogP contribution in [0.1, 0.15) is 19.4 Å². The van der Waals surface area contributed by atoms with Crippen LogP contribution in [0.2, 0.25) is 0 Å². The molecule has 6 heteroatoms. The summed E-state index contributed by atoms with van der Waals surface area (Å²) in [5.41, 5.74) is 7.09. The zero-order valence-electron chi connectivity index (χ0n) is 10.8. The van der Waals surface area contributed by atoms with Crippen molar-refractivity contribution in [3.8, 4) is 0 Å². The maximum absolute atomic E-state index is 11.7. The zero-order chi connectivity index (χ0) is 13.6. The van der Waals surface area contributed by atoms with Gasteiger partial charge in [0.1, 0.15) is 0 Å². The molecule has 0 fully saturated rings. The van der Waals surface area contributed by atoms with Gasteiger partial charge in [-0.3, -0.25) is 4.72 Å². The van der Waals surface area contributed by atoms with Crippen LogP contribution in [0.4, 0.5) is 5.69 Å². The Morgan fingerprint density at radius 3 is 2.33 bits per heavy atom. The zero-order valence-corrected chi connectivity index (χ0v) is 11.6. The second-order valence-corrected chi connectivity index (χ2v) is 6.08. The van der Waals surface area contributed by atoms with Crippen molar-refractivity contribution in [2.75, 3.05) is 17.8 Å². The predicted molar refractivity (Wildman–Crippen MR) is 74.6 cm³/mol. The number of nitrogens with two attached hydrogens (primary N) is 1. The van der Waals surface area contributed by atoms with Crippen LogP contribution in [0.25, 0.3) is 0 Å². The molecule has 0 spiro atoms. The molecule has 0 saturated carbocycles. The van der Waals surface area contributed by atoms with Gasteiger partial charge in [-0.25, -0.2) is 0 Å². The van der Waals surface area contributed by atoms with Gasteiger partial charge in [0.25, 0.3) is 10.2 Å². The van der Waals surface area contributed by atoms with E-state index in [1.807, 2.05) is 26.0 Å². The van der Waals surface area contributed by atoms with Crippen LogP contribution in [-0.4, -0.2) is 21.5 Å². The Morgan fingerprint density at radius 2 is 1.83 bits per heavy atom. The fourth-order valence-electron chi connectivity index (χ4n) is 1.37. The number of anilines is 1. The molecular weight excluding hydrogens is 250 g/mol. The molecule has 0 amide bonds. The Balaban J connectivity index is 2.61. The van der Waals surface area contributed by atoms with Gasteiger partial charge in [0.15, 0.2) is 0 Å². The summed E-state index contributed by atoms with van der Waals surface area (Å²) >= 11 is 0. The van der Waals surface area contributed by atoms with E-state index in [9.17, 15) is 8.42 Å². The minimum atomic E-state index is -3.48. The van der Waals surface area contributed by atoms with E-state index in [4.69, 9.17) is 5.73 Å². The number of nitrogens with one attached hydrogen (secondary N) is 2. The summed E-state index contributed by atoms with van der Waals surface area (Å²) < 4.78 is 28.3. The number of hydrogen-bond acceptors (Lipinski definition) is 3. The van der Waals surface area contributed by atoms with Crippen molar-refractivity contribution in [2.45, 2.75) is 20.3 Å². The molecule has 0 atom stereocenters. The fourth-order valence-corrected chi connectivity index (χ4v) is 2.45. The fraction of sp³-hybridized carbons (Fsp3) is 0.500. The molecular formula is C12H21N3O2S. The van der Waals surface area contributed by atoms with E-state index in [1.54, 1.807) is 12.1 Å². The van der Waals surface area contributed by atoms with Crippen molar-refractivity contribution in [3.05, 3.63) is 29.8 Å². The third kappa shape index (κ3) is 5.48. The molecule has 0 bridgehead atoms. The Kier molecular flexibility index (Phi) is 5.58. The summed E-state index contributed by atoms with van der Waals surface area (Å²) in [6.07, 6.45) is 0.790. The average Bonchev–Trinajstić information content (AvgIpc) is 2.29. The van der Waals surface area contributed by atoms with Gasteiger partial charge in [0.05, 0.1) is 0 Å². The van der Waals surface area contributed by atoms with Crippen LogP contribution in [-0.2, 0) is 16.6 Å². The summed E-state index contributed by atoms with van der Waals surface area (Å²) in [6, 6.07) is 7.21. The van der Waals surface area contributed by atoms with Gasteiger partial charge in [-0.15, -0.1) is 0 Å². The molecule has 0 heterocycles. The highest BCUT2D eigenvalue weighted by atomic mass is 32.2. The van der Waals surface area contributed by atoms with E-state index in [0.29, 0.717) is 18.8 Å². The van der Waals surface area contributed by atoms with Crippen molar-refractivity contribution < 1.29 is 8.42 Å². The van der Waals surface area contributed by atoms with Gasteiger partial charge in [0, 0.05) is 12.2 Å². The van der Waals surface area contributed by atoms with Crippen LogP contribution in [0.15, 0.2) is 24.3 Å². The topological polar surface area (TPSA) is 84.2 Å². The van der Waals surface area contributed by atoms with E-state index < -0.39 is 10.2 Å². The molecule has 18 heavy (non-hydrogen) atoms.